The second kappa shape index (κ2) is 6.49. The van der Waals surface area contributed by atoms with Gasteiger partial charge in [0.15, 0.2) is 5.78 Å². The summed E-state index contributed by atoms with van der Waals surface area (Å²) in [6.45, 7) is 2.09. The van der Waals surface area contributed by atoms with Crippen molar-refractivity contribution in [3.8, 4) is 0 Å². The number of benzene rings is 1. The zero-order valence-corrected chi connectivity index (χ0v) is 10.2. The fourth-order valence-corrected chi connectivity index (χ4v) is 1.64. The summed E-state index contributed by atoms with van der Waals surface area (Å²) in [7, 11) is 1.70. The second-order valence-electron chi connectivity index (χ2n) is 3.97. The first-order chi connectivity index (χ1) is 8.10. The van der Waals surface area contributed by atoms with Gasteiger partial charge in [-0.2, -0.15) is 0 Å². The first-order valence-electron chi connectivity index (χ1n) is 5.74. The molecule has 0 saturated heterocycles. The second-order valence-corrected chi connectivity index (χ2v) is 3.97. The third-order valence-electron chi connectivity index (χ3n) is 2.65. The fourth-order valence-electron chi connectivity index (χ4n) is 1.64. The number of hydrogen-bond donors (Lipinski definition) is 3. The maximum atomic E-state index is 11.5. The quantitative estimate of drug-likeness (QED) is 0.643. The zero-order chi connectivity index (χ0) is 12.8. The molecule has 0 radical (unpaired) electrons. The normalized spacial score (nSPS) is 14.4. The molecule has 0 bridgehead atoms. The highest BCUT2D eigenvalue weighted by molar-refractivity contribution is 5.95. The van der Waals surface area contributed by atoms with E-state index in [0.29, 0.717) is 24.1 Å². The number of ketones is 1. The van der Waals surface area contributed by atoms with E-state index in [9.17, 15) is 15.0 Å². The van der Waals surface area contributed by atoms with Crippen LogP contribution in [-0.4, -0.2) is 35.7 Å². The fraction of sp³-hybridized carbons (Fsp3) is 0.462. The van der Waals surface area contributed by atoms with E-state index in [2.05, 4.69) is 5.32 Å². The predicted octanol–water partition coefficient (Wildman–Crippen LogP) is 0.893. The van der Waals surface area contributed by atoms with Gasteiger partial charge in [-0.3, -0.25) is 4.79 Å². The van der Waals surface area contributed by atoms with Crippen LogP contribution in [0.3, 0.4) is 0 Å². The van der Waals surface area contributed by atoms with Crippen LogP contribution >= 0.6 is 0 Å². The number of Topliss-reactive ketones (excluding diaryl/α,β-unsaturated/α-hetero) is 1. The van der Waals surface area contributed by atoms with Gasteiger partial charge in [0.2, 0.25) is 0 Å². The van der Waals surface area contributed by atoms with Gasteiger partial charge in [-0.15, -0.1) is 0 Å². The lowest BCUT2D eigenvalue weighted by Crippen LogP contribution is -2.29. The summed E-state index contributed by atoms with van der Waals surface area (Å²) in [6.07, 6.45) is -1.43. The highest BCUT2D eigenvalue weighted by Crippen LogP contribution is 2.18. The lowest BCUT2D eigenvalue weighted by Gasteiger charge is -2.18. The minimum absolute atomic E-state index is 0.0298. The Labute approximate surface area is 101 Å². The van der Waals surface area contributed by atoms with Crippen molar-refractivity contribution >= 4 is 5.78 Å². The smallest absolute Gasteiger partial charge is 0.162 e. The van der Waals surface area contributed by atoms with Crippen LogP contribution in [0, 0.1) is 0 Å². The molecule has 17 heavy (non-hydrogen) atoms. The molecule has 1 aromatic rings. The minimum atomic E-state index is -0.980. The summed E-state index contributed by atoms with van der Waals surface area (Å²) in [6, 6.07) is 6.77. The standard InChI is InChI=1S/C13H19NO3/c1-3-11(15)9-5-4-6-10(7-9)13(17)12(16)8-14-2/h4-7,12-14,16-17H,3,8H2,1-2H3. The number of rotatable bonds is 6. The van der Waals surface area contributed by atoms with Crippen LogP contribution in [0.2, 0.25) is 0 Å². The number of carbonyl (C=O) groups excluding carboxylic acids is 1. The minimum Gasteiger partial charge on any atom is -0.389 e. The lowest BCUT2D eigenvalue weighted by atomic mass is 9.99. The van der Waals surface area contributed by atoms with E-state index in [1.165, 1.54) is 0 Å². The number of aliphatic hydroxyl groups is 2. The van der Waals surface area contributed by atoms with Crippen LogP contribution in [0.15, 0.2) is 24.3 Å². The summed E-state index contributed by atoms with van der Waals surface area (Å²) in [5.41, 5.74) is 1.13. The summed E-state index contributed by atoms with van der Waals surface area (Å²) in [5.74, 6) is 0.0298. The van der Waals surface area contributed by atoms with E-state index in [1.54, 1.807) is 38.2 Å². The monoisotopic (exact) mass is 237 g/mol. The first kappa shape index (κ1) is 13.8. The van der Waals surface area contributed by atoms with Crippen molar-refractivity contribution in [1.82, 2.24) is 5.32 Å². The van der Waals surface area contributed by atoms with E-state index in [4.69, 9.17) is 0 Å². The van der Waals surface area contributed by atoms with Crippen molar-refractivity contribution in [2.45, 2.75) is 25.6 Å². The molecule has 0 aliphatic carbocycles. The van der Waals surface area contributed by atoms with Crippen molar-refractivity contribution in [1.29, 1.82) is 0 Å². The van der Waals surface area contributed by atoms with E-state index in [-0.39, 0.29) is 5.78 Å². The SMILES string of the molecule is CCC(=O)c1cccc(C(O)C(O)CNC)c1. The summed E-state index contributed by atoms with van der Waals surface area (Å²) >= 11 is 0. The van der Waals surface area contributed by atoms with Gasteiger partial charge < -0.3 is 15.5 Å². The Bertz CT molecular complexity index is 379. The largest absolute Gasteiger partial charge is 0.389 e. The summed E-state index contributed by atoms with van der Waals surface area (Å²) < 4.78 is 0. The molecule has 4 nitrogen and oxygen atoms in total. The van der Waals surface area contributed by atoms with Gasteiger partial charge in [0.25, 0.3) is 0 Å². The Kier molecular flexibility index (Phi) is 5.28. The van der Waals surface area contributed by atoms with E-state index >= 15 is 0 Å². The molecule has 0 fully saturated rings. The molecule has 94 valence electrons. The summed E-state index contributed by atoms with van der Waals surface area (Å²) in [4.78, 5) is 11.5. The number of likely N-dealkylation sites (N-methyl/N-ethyl adjacent to an activating group) is 1. The van der Waals surface area contributed by atoms with E-state index in [0.717, 1.165) is 0 Å². The number of nitrogens with one attached hydrogen (secondary N) is 1. The third-order valence-corrected chi connectivity index (χ3v) is 2.65. The molecule has 1 rings (SSSR count). The molecular formula is C13H19NO3. The molecule has 0 heterocycles. The van der Waals surface area contributed by atoms with Gasteiger partial charge in [0, 0.05) is 18.5 Å². The number of hydrogen-bond acceptors (Lipinski definition) is 4. The summed E-state index contributed by atoms with van der Waals surface area (Å²) in [5, 5.41) is 22.3. The van der Waals surface area contributed by atoms with Crippen molar-refractivity contribution < 1.29 is 15.0 Å². The molecule has 0 aliphatic rings. The van der Waals surface area contributed by atoms with Crippen molar-refractivity contribution in [2.75, 3.05) is 13.6 Å². The van der Waals surface area contributed by atoms with E-state index < -0.39 is 12.2 Å². The Hall–Kier alpha value is -1.23. The molecule has 0 amide bonds. The molecule has 2 atom stereocenters. The molecule has 0 saturated carbocycles. The maximum Gasteiger partial charge on any atom is 0.162 e. The zero-order valence-electron chi connectivity index (χ0n) is 10.2. The molecule has 0 aliphatic heterocycles. The van der Waals surface area contributed by atoms with Gasteiger partial charge in [-0.25, -0.2) is 0 Å². The maximum absolute atomic E-state index is 11.5. The van der Waals surface area contributed by atoms with Crippen LogP contribution in [-0.2, 0) is 0 Å². The highest BCUT2D eigenvalue weighted by atomic mass is 16.3. The van der Waals surface area contributed by atoms with Gasteiger partial charge >= 0.3 is 0 Å². The van der Waals surface area contributed by atoms with E-state index in [1.807, 2.05) is 0 Å². The third kappa shape index (κ3) is 3.63. The topological polar surface area (TPSA) is 69.6 Å². The molecule has 1 aromatic carbocycles. The van der Waals surface area contributed by atoms with Crippen LogP contribution in [0.25, 0.3) is 0 Å². The van der Waals surface area contributed by atoms with Crippen molar-refractivity contribution in [2.24, 2.45) is 0 Å². The van der Waals surface area contributed by atoms with Gasteiger partial charge in [-0.05, 0) is 18.7 Å². The molecule has 4 heteroatoms. The Morgan fingerprint density at radius 3 is 2.71 bits per heavy atom. The Morgan fingerprint density at radius 2 is 2.12 bits per heavy atom. The predicted molar refractivity (Wildman–Crippen MR) is 66.0 cm³/mol. The molecular weight excluding hydrogens is 218 g/mol. The molecule has 3 N–H and O–H groups in total. The van der Waals surface area contributed by atoms with Crippen LogP contribution < -0.4 is 5.32 Å². The number of aliphatic hydroxyl groups excluding tert-OH is 2. The molecule has 0 aromatic heterocycles. The van der Waals surface area contributed by atoms with Gasteiger partial charge in [0.05, 0.1) is 6.10 Å². The highest BCUT2D eigenvalue weighted by Gasteiger charge is 2.18. The van der Waals surface area contributed by atoms with Crippen LogP contribution in [0.5, 0.6) is 0 Å². The van der Waals surface area contributed by atoms with Crippen LogP contribution in [0.4, 0.5) is 0 Å². The first-order valence-corrected chi connectivity index (χ1v) is 5.74. The number of carbonyl (C=O) groups is 1. The van der Waals surface area contributed by atoms with Gasteiger partial charge in [-0.1, -0.05) is 25.1 Å². The molecule has 0 spiro atoms. The Morgan fingerprint density at radius 1 is 1.41 bits per heavy atom. The van der Waals surface area contributed by atoms with Crippen molar-refractivity contribution in [3.05, 3.63) is 35.4 Å². The molecule has 2 unspecified atom stereocenters. The Balaban J connectivity index is 2.87. The van der Waals surface area contributed by atoms with Gasteiger partial charge in [0.1, 0.15) is 6.10 Å². The van der Waals surface area contributed by atoms with Crippen molar-refractivity contribution in [3.63, 3.8) is 0 Å². The lowest BCUT2D eigenvalue weighted by molar-refractivity contribution is 0.0202. The average molecular weight is 237 g/mol. The van der Waals surface area contributed by atoms with Crippen LogP contribution in [0.1, 0.15) is 35.4 Å². The average Bonchev–Trinajstić information content (AvgIpc) is 2.37.